The van der Waals surface area contributed by atoms with Crippen molar-refractivity contribution in [2.45, 2.75) is 17.7 Å². The summed E-state index contributed by atoms with van der Waals surface area (Å²) in [6.07, 6.45) is 1.09. The Morgan fingerprint density at radius 1 is 1.15 bits per heavy atom. The zero-order chi connectivity index (χ0) is 18.7. The largest absolute Gasteiger partial charge is 0.506 e. The van der Waals surface area contributed by atoms with Gasteiger partial charge in [0.25, 0.3) is 0 Å². The quantitative estimate of drug-likeness (QED) is 0.801. The van der Waals surface area contributed by atoms with Crippen LogP contribution in [0.15, 0.2) is 53.4 Å². The highest BCUT2D eigenvalue weighted by Gasteiger charge is 2.33. The molecule has 1 aliphatic rings. The molecule has 1 aliphatic heterocycles. The van der Waals surface area contributed by atoms with Gasteiger partial charge in [-0.3, -0.25) is 4.79 Å². The second-order valence-corrected chi connectivity index (χ2v) is 8.10. The number of para-hydroxylation sites is 2. The Labute approximate surface area is 151 Å². The molecule has 0 aliphatic carbocycles. The van der Waals surface area contributed by atoms with Gasteiger partial charge in [-0.05, 0) is 49.2 Å². The van der Waals surface area contributed by atoms with Gasteiger partial charge < -0.3 is 10.4 Å². The average Bonchev–Trinajstić information content (AvgIpc) is 2.64. The first-order valence-corrected chi connectivity index (χ1v) is 9.66. The topological polar surface area (TPSA) is 86.7 Å². The van der Waals surface area contributed by atoms with E-state index in [1.807, 2.05) is 0 Å². The lowest BCUT2D eigenvalue weighted by Crippen LogP contribution is -2.43. The van der Waals surface area contributed by atoms with Gasteiger partial charge in [-0.1, -0.05) is 12.1 Å². The van der Waals surface area contributed by atoms with Crippen LogP contribution in [-0.2, 0) is 14.8 Å². The van der Waals surface area contributed by atoms with Crippen LogP contribution < -0.4 is 5.32 Å². The molecule has 26 heavy (non-hydrogen) atoms. The van der Waals surface area contributed by atoms with Crippen molar-refractivity contribution >= 4 is 21.6 Å². The summed E-state index contributed by atoms with van der Waals surface area (Å²) in [5.74, 6) is -1.43. The number of nitrogens with zero attached hydrogens (tertiary/aromatic N) is 1. The highest BCUT2D eigenvalue weighted by atomic mass is 32.2. The first kappa shape index (κ1) is 18.3. The molecular formula is C18H19FN2O4S. The Bertz CT molecular complexity index is 900. The van der Waals surface area contributed by atoms with Gasteiger partial charge in [0, 0.05) is 13.1 Å². The molecule has 6 nitrogen and oxygen atoms in total. The van der Waals surface area contributed by atoms with Gasteiger partial charge in [0.05, 0.1) is 16.5 Å². The van der Waals surface area contributed by atoms with E-state index >= 15 is 0 Å². The fourth-order valence-electron chi connectivity index (χ4n) is 2.94. The number of aromatic hydroxyl groups is 1. The molecule has 1 saturated heterocycles. The summed E-state index contributed by atoms with van der Waals surface area (Å²) in [4.78, 5) is 12.5. The van der Waals surface area contributed by atoms with Crippen LogP contribution in [0.1, 0.15) is 12.8 Å². The van der Waals surface area contributed by atoms with E-state index in [2.05, 4.69) is 5.32 Å². The van der Waals surface area contributed by atoms with Gasteiger partial charge in [0.15, 0.2) is 0 Å². The monoisotopic (exact) mass is 378 g/mol. The highest BCUT2D eigenvalue weighted by Crippen LogP contribution is 2.27. The molecule has 1 fully saturated rings. The number of benzene rings is 2. The van der Waals surface area contributed by atoms with Crippen LogP contribution >= 0.6 is 0 Å². The maximum atomic E-state index is 13.0. The molecule has 1 amide bonds. The number of rotatable bonds is 4. The van der Waals surface area contributed by atoms with Crippen molar-refractivity contribution in [3.63, 3.8) is 0 Å². The number of phenols is 1. The standard InChI is InChI=1S/C18H19FN2O4S/c19-14-7-9-15(10-8-14)26(24,25)21-11-3-4-13(12-21)18(23)20-16-5-1-2-6-17(16)22/h1-2,5-10,13,22H,3-4,11-12H2,(H,20,23). The summed E-state index contributed by atoms with van der Waals surface area (Å²) in [7, 11) is -3.79. The third-order valence-electron chi connectivity index (χ3n) is 4.37. The lowest BCUT2D eigenvalue weighted by atomic mass is 9.98. The predicted octanol–water partition coefficient (Wildman–Crippen LogP) is 2.57. The number of hydrogen-bond acceptors (Lipinski definition) is 4. The van der Waals surface area contributed by atoms with E-state index in [-0.39, 0.29) is 28.8 Å². The molecule has 2 aromatic carbocycles. The van der Waals surface area contributed by atoms with Crippen LogP contribution in [0.4, 0.5) is 10.1 Å². The summed E-state index contributed by atoms with van der Waals surface area (Å²) in [6.45, 7) is 0.346. The molecule has 0 aromatic heterocycles. The van der Waals surface area contributed by atoms with Gasteiger partial charge in [-0.25, -0.2) is 12.8 Å². The fraction of sp³-hybridized carbons (Fsp3) is 0.278. The summed E-state index contributed by atoms with van der Waals surface area (Å²) in [5.41, 5.74) is 0.288. The molecule has 0 spiro atoms. The van der Waals surface area contributed by atoms with Crippen LogP contribution in [0.3, 0.4) is 0 Å². The van der Waals surface area contributed by atoms with Crippen LogP contribution in [0.5, 0.6) is 5.75 Å². The normalized spacial score (nSPS) is 18.4. The molecule has 1 heterocycles. The molecule has 1 unspecified atom stereocenters. The smallest absolute Gasteiger partial charge is 0.243 e. The van der Waals surface area contributed by atoms with Crippen molar-refractivity contribution in [1.29, 1.82) is 0 Å². The Balaban J connectivity index is 1.73. The molecule has 2 aromatic rings. The van der Waals surface area contributed by atoms with E-state index < -0.39 is 21.8 Å². The predicted molar refractivity (Wildman–Crippen MR) is 94.6 cm³/mol. The molecule has 0 saturated carbocycles. The van der Waals surface area contributed by atoms with E-state index in [4.69, 9.17) is 0 Å². The second-order valence-electron chi connectivity index (χ2n) is 6.16. The van der Waals surface area contributed by atoms with Gasteiger partial charge in [0.2, 0.25) is 15.9 Å². The number of carbonyl (C=O) groups is 1. The van der Waals surface area contributed by atoms with Gasteiger partial charge >= 0.3 is 0 Å². The van der Waals surface area contributed by atoms with Crippen molar-refractivity contribution < 1.29 is 22.7 Å². The highest BCUT2D eigenvalue weighted by molar-refractivity contribution is 7.89. The van der Waals surface area contributed by atoms with Crippen molar-refractivity contribution in [2.24, 2.45) is 5.92 Å². The maximum absolute atomic E-state index is 13.0. The summed E-state index contributed by atoms with van der Waals surface area (Å²) >= 11 is 0. The van der Waals surface area contributed by atoms with E-state index in [0.29, 0.717) is 19.4 Å². The SMILES string of the molecule is O=C(Nc1ccccc1O)C1CCCN(S(=O)(=O)c2ccc(F)cc2)C1. The van der Waals surface area contributed by atoms with Crippen LogP contribution in [-0.4, -0.2) is 36.8 Å². The molecule has 0 bridgehead atoms. The van der Waals surface area contributed by atoms with Crippen LogP contribution in [0, 0.1) is 11.7 Å². The summed E-state index contributed by atoms with van der Waals surface area (Å²) in [6, 6.07) is 11.0. The Morgan fingerprint density at radius 3 is 2.54 bits per heavy atom. The van der Waals surface area contributed by atoms with Crippen molar-refractivity contribution in [3.8, 4) is 5.75 Å². The first-order chi connectivity index (χ1) is 12.4. The number of sulfonamides is 1. The molecule has 2 N–H and O–H groups in total. The van der Waals surface area contributed by atoms with Gasteiger partial charge in [-0.15, -0.1) is 0 Å². The third kappa shape index (κ3) is 3.86. The summed E-state index contributed by atoms with van der Waals surface area (Å²) in [5, 5.41) is 12.4. The number of phenolic OH excluding ortho intramolecular Hbond substituents is 1. The molecule has 138 valence electrons. The van der Waals surface area contributed by atoms with E-state index in [0.717, 1.165) is 12.1 Å². The number of nitrogens with one attached hydrogen (secondary N) is 1. The zero-order valence-corrected chi connectivity index (χ0v) is 14.7. The number of carbonyl (C=O) groups excluding carboxylic acids is 1. The maximum Gasteiger partial charge on any atom is 0.243 e. The van der Waals surface area contributed by atoms with E-state index in [9.17, 15) is 22.7 Å². The third-order valence-corrected chi connectivity index (χ3v) is 6.25. The molecular weight excluding hydrogens is 359 g/mol. The molecule has 8 heteroatoms. The lowest BCUT2D eigenvalue weighted by Gasteiger charge is -2.31. The molecule has 3 rings (SSSR count). The van der Waals surface area contributed by atoms with Gasteiger partial charge in [0.1, 0.15) is 11.6 Å². The minimum absolute atomic E-state index is 0.000613. The number of amides is 1. The second kappa shape index (κ2) is 7.43. The number of halogens is 1. The Kier molecular flexibility index (Phi) is 5.24. The van der Waals surface area contributed by atoms with E-state index in [1.165, 1.54) is 22.5 Å². The Morgan fingerprint density at radius 2 is 1.85 bits per heavy atom. The Hall–Kier alpha value is -2.45. The number of anilines is 1. The fourth-order valence-corrected chi connectivity index (χ4v) is 4.47. The van der Waals surface area contributed by atoms with Crippen LogP contribution in [0.2, 0.25) is 0 Å². The van der Waals surface area contributed by atoms with Crippen molar-refractivity contribution in [3.05, 3.63) is 54.3 Å². The van der Waals surface area contributed by atoms with Gasteiger partial charge in [-0.2, -0.15) is 4.31 Å². The van der Waals surface area contributed by atoms with Crippen molar-refractivity contribution in [2.75, 3.05) is 18.4 Å². The molecule has 0 radical (unpaired) electrons. The minimum Gasteiger partial charge on any atom is -0.506 e. The molecule has 1 atom stereocenters. The number of hydrogen-bond donors (Lipinski definition) is 2. The lowest BCUT2D eigenvalue weighted by molar-refractivity contribution is -0.120. The average molecular weight is 378 g/mol. The number of piperidine rings is 1. The first-order valence-electron chi connectivity index (χ1n) is 8.22. The summed E-state index contributed by atoms with van der Waals surface area (Å²) < 4.78 is 39.7. The zero-order valence-electron chi connectivity index (χ0n) is 13.9. The van der Waals surface area contributed by atoms with E-state index in [1.54, 1.807) is 18.2 Å². The van der Waals surface area contributed by atoms with Crippen molar-refractivity contribution in [1.82, 2.24) is 4.31 Å². The van der Waals surface area contributed by atoms with Crippen LogP contribution in [0.25, 0.3) is 0 Å². The minimum atomic E-state index is -3.79.